The predicted octanol–water partition coefficient (Wildman–Crippen LogP) is 2.87. The summed E-state index contributed by atoms with van der Waals surface area (Å²) < 4.78 is 31.5. The lowest BCUT2D eigenvalue weighted by Gasteiger charge is -2.29. The fourth-order valence-corrected chi connectivity index (χ4v) is 4.32. The maximum atomic E-state index is 12.7. The fourth-order valence-electron chi connectivity index (χ4n) is 3.09. The molecule has 31 heavy (non-hydrogen) atoms. The molecular formula is C21H27N3O6S. The number of nitrogens with one attached hydrogen (secondary N) is 1. The van der Waals surface area contributed by atoms with E-state index < -0.39 is 26.9 Å². The summed E-state index contributed by atoms with van der Waals surface area (Å²) in [6.07, 6.45) is 0.957. The van der Waals surface area contributed by atoms with Crippen LogP contribution in [0.5, 0.6) is 5.75 Å². The smallest absolute Gasteiger partial charge is 0.271 e. The van der Waals surface area contributed by atoms with Crippen LogP contribution in [0.2, 0.25) is 0 Å². The highest BCUT2D eigenvalue weighted by Gasteiger charge is 2.31. The van der Waals surface area contributed by atoms with Crippen molar-refractivity contribution in [3.63, 3.8) is 0 Å². The molecule has 0 radical (unpaired) electrons. The molecule has 0 aliphatic heterocycles. The Morgan fingerprint density at radius 1 is 1.19 bits per heavy atom. The molecule has 0 aromatic heterocycles. The van der Waals surface area contributed by atoms with E-state index in [9.17, 15) is 23.3 Å². The predicted molar refractivity (Wildman–Crippen MR) is 119 cm³/mol. The lowest BCUT2D eigenvalue weighted by Crippen LogP contribution is -2.48. The molecule has 0 spiro atoms. The summed E-state index contributed by atoms with van der Waals surface area (Å²) in [6, 6.07) is 8.47. The van der Waals surface area contributed by atoms with Crippen LogP contribution in [0, 0.1) is 30.9 Å². The Bertz CT molecular complexity index is 1080. The largest absolute Gasteiger partial charge is 0.491 e. The molecule has 0 saturated carbocycles. The molecular weight excluding hydrogens is 422 g/mol. The third-order valence-corrected chi connectivity index (χ3v) is 6.17. The number of hydrogen-bond donors (Lipinski definition) is 1. The SMILES string of the molecule is Cc1ccc([N+](=O)[O-])cc1N([C@H](C)C(=O)NCCOc1cccc(C)c1C)S(C)(=O)=O. The zero-order chi connectivity index (χ0) is 23.3. The molecule has 0 bridgehead atoms. The number of anilines is 1. The van der Waals surface area contributed by atoms with E-state index in [0.29, 0.717) is 11.3 Å². The maximum absolute atomic E-state index is 12.7. The van der Waals surface area contributed by atoms with Crippen molar-refractivity contribution in [3.8, 4) is 5.75 Å². The topological polar surface area (TPSA) is 119 Å². The number of ether oxygens (including phenoxy) is 1. The molecule has 1 atom stereocenters. The number of aryl methyl sites for hydroxylation is 2. The van der Waals surface area contributed by atoms with Gasteiger partial charge in [-0.25, -0.2) is 8.42 Å². The van der Waals surface area contributed by atoms with Crippen LogP contribution in [0.3, 0.4) is 0 Å². The summed E-state index contributed by atoms with van der Waals surface area (Å²) >= 11 is 0. The van der Waals surface area contributed by atoms with Crippen molar-refractivity contribution in [1.82, 2.24) is 5.32 Å². The van der Waals surface area contributed by atoms with Gasteiger partial charge >= 0.3 is 0 Å². The first-order valence-electron chi connectivity index (χ1n) is 9.64. The number of carbonyl (C=O) groups is 1. The summed E-state index contributed by atoms with van der Waals surface area (Å²) in [6.45, 7) is 7.34. The van der Waals surface area contributed by atoms with Gasteiger partial charge < -0.3 is 10.1 Å². The van der Waals surface area contributed by atoms with Crippen molar-refractivity contribution >= 4 is 27.3 Å². The fraction of sp³-hybridized carbons (Fsp3) is 0.381. The molecule has 2 aromatic carbocycles. The number of rotatable bonds is 9. The normalized spacial score (nSPS) is 12.2. The van der Waals surface area contributed by atoms with E-state index in [1.165, 1.54) is 19.1 Å². The number of amides is 1. The molecule has 168 valence electrons. The first kappa shape index (κ1) is 24.1. The van der Waals surface area contributed by atoms with Gasteiger partial charge in [-0.1, -0.05) is 18.2 Å². The third kappa shape index (κ3) is 5.94. The Morgan fingerprint density at radius 2 is 1.87 bits per heavy atom. The molecule has 9 nitrogen and oxygen atoms in total. The summed E-state index contributed by atoms with van der Waals surface area (Å²) in [5.41, 5.74) is 2.42. The maximum Gasteiger partial charge on any atom is 0.271 e. The Morgan fingerprint density at radius 3 is 2.48 bits per heavy atom. The minimum atomic E-state index is -3.89. The molecule has 0 fully saturated rings. The minimum absolute atomic E-state index is 0.0889. The van der Waals surface area contributed by atoms with Gasteiger partial charge in [-0.05, 0) is 50.5 Å². The Balaban J connectivity index is 2.13. The second-order valence-corrected chi connectivity index (χ2v) is 9.16. The van der Waals surface area contributed by atoms with Crippen molar-refractivity contribution in [3.05, 3.63) is 63.2 Å². The number of hydrogen-bond acceptors (Lipinski definition) is 6. The van der Waals surface area contributed by atoms with Gasteiger partial charge in [0.15, 0.2) is 0 Å². The molecule has 2 rings (SSSR count). The number of nitro groups is 1. The molecule has 0 unspecified atom stereocenters. The van der Waals surface area contributed by atoms with Crippen LogP contribution >= 0.6 is 0 Å². The molecule has 0 aliphatic carbocycles. The molecule has 10 heteroatoms. The van der Waals surface area contributed by atoms with Gasteiger partial charge in [-0.15, -0.1) is 0 Å². The van der Waals surface area contributed by atoms with Gasteiger partial charge in [0.25, 0.3) is 5.69 Å². The van der Waals surface area contributed by atoms with Gasteiger partial charge in [0, 0.05) is 12.1 Å². The second kappa shape index (κ2) is 9.78. The highest BCUT2D eigenvalue weighted by molar-refractivity contribution is 7.92. The van der Waals surface area contributed by atoms with Gasteiger partial charge in [0.1, 0.15) is 18.4 Å². The van der Waals surface area contributed by atoms with E-state index in [1.54, 1.807) is 6.92 Å². The van der Waals surface area contributed by atoms with Crippen LogP contribution in [0.1, 0.15) is 23.6 Å². The van der Waals surface area contributed by atoms with E-state index >= 15 is 0 Å². The van der Waals surface area contributed by atoms with Gasteiger partial charge in [-0.3, -0.25) is 19.2 Å². The molecule has 1 amide bonds. The first-order valence-corrected chi connectivity index (χ1v) is 11.5. The Hall–Kier alpha value is -3.14. The highest BCUT2D eigenvalue weighted by atomic mass is 32.2. The van der Waals surface area contributed by atoms with Crippen LogP contribution in [-0.4, -0.2) is 44.7 Å². The quantitative estimate of drug-likeness (QED) is 0.357. The summed E-state index contributed by atoms with van der Waals surface area (Å²) in [5, 5.41) is 13.8. The lowest BCUT2D eigenvalue weighted by molar-refractivity contribution is -0.384. The van der Waals surface area contributed by atoms with Crippen molar-refractivity contribution in [2.75, 3.05) is 23.7 Å². The van der Waals surface area contributed by atoms with E-state index in [1.807, 2.05) is 32.0 Å². The van der Waals surface area contributed by atoms with Crippen LogP contribution in [0.15, 0.2) is 36.4 Å². The molecule has 0 heterocycles. The Kier molecular flexibility index (Phi) is 7.61. The van der Waals surface area contributed by atoms with E-state index in [4.69, 9.17) is 4.74 Å². The van der Waals surface area contributed by atoms with Crippen molar-refractivity contribution in [1.29, 1.82) is 0 Å². The monoisotopic (exact) mass is 449 g/mol. The number of non-ortho nitro benzene ring substituents is 1. The van der Waals surface area contributed by atoms with Crippen molar-refractivity contribution in [2.24, 2.45) is 0 Å². The third-order valence-electron chi connectivity index (χ3n) is 4.94. The van der Waals surface area contributed by atoms with Gasteiger partial charge in [0.05, 0.1) is 23.4 Å². The summed E-state index contributed by atoms with van der Waals surface area (Å²) in [5.74, 6) is 0.174. The molecule has 1 N–H and O–H groups in total. The van der Waals surface area contributed by atoms with Crippen molar-refractivity contribution < 1.29 is 22.9 Å². The zero-order valence-corrected chi connectivity index (χ0v) is 19.0. The van der Waals surface area contributed by atoms with Gasteiger partial charge in [-0.2, -0.15) is 0 Å². The van der Waals surface area contributed by atoms with Crippen LogP contribution in [0.25, 0.3) is 0 Å². The molecule has 2 aromatic rings. The average Bonchev–Trinajstić information content (AvgIpc) is 2.68. The Labute approximate surface area is 182 Å². The van der Waals surface area contributed by atoms with Crippen LogP contribution in [0.4, 0.5) is 11.4 Å². The number of benzene rings is 2. The second-order valence-electron chi connectivity index (χ2n) is 7.30. The summed E-state index contributed by atoms with van der Waals surface area (Å²) in [7, 11) is -3.89. The van der Waals surface area contributed by atoms with Gasteiger partial charge in [0.2, 0.25) is 15.9 Å². The zero-order valence-electron chi connectivity index (χ0n) is 18.2. The highest BCUT2D eigenvalue weighted by Crippen LogP contribution is 2.29. The average molecular weight is 450 g/mol. The number of sulfonamides is 1. The number of nitro benzene ring substituents is 1. The van der Waals surface area contributed by atoms with Crippen molar-refractivity contribution in [2.45, 2.75) is 33.7 Å². The van der Waals surface area contributed by atoms with Crippen LogP contribution in [-0.2, 0) is 14.8 Å². The number of carbonyl (C=O) groups excluding carboxylic acids is 1. The number of nitrogens with zero attached hydrogens (tertiary/aromatic N) is 2. The lowest BCUT2D eigenvalue weighted by atomic mass is 10.1. The van der Waals surface area contributed by atoms with E-state index in [-0.39, 0.29) is 24.5 Å². The summed E-state index contributed by atoms with van der Waals surface area (Å²) in [4.78, 5) is 23.2. The standard InChI is InChI=1S/C21H27N3O6S/c1-14-7-6-8-20(16(14)3)30-12-11-22-21(25)17(4)23(31(5,28)29)19-13-18(24(26)27)10-9-15(19)2/h6-10,13,17H,11-12H2,1-5H3,(H,22,25)/t17-/m1/s1. The van der Waals surface area contributed by atoms with E-state index in [0.717, 1.165) is 27.8 Å². The molecule has 0 aliphatic rings. The molecule has 0 saturated heterocycles. The van der Waals surface area contributed by atoms with Crippen LogP contribution < -0.4 is 14.4 Å². The van der Waals surface area contributed by atoms with E-state index in [2.05, 4.69) is 5.32 Å². The first-order chi connectivity index (χ1) is 14.4. The minimum Gasteiger partial charge on any atom is -0.491 e.